The summed E-state index contributed by atoms with van der Waals surface area (Å²) in [7, 11) is 0. The molecule has 0 fully saturated rings. The second kappa shape index (κ2) is 7.69. The van der Waals surface area contributed by atoms with Gasteiger partial charge in [0.15, 0.2) is 0 Å². The minimum absolute atomic E-state index is 0.0434. The van der Waals surface area contributed by atoms with E-state index in [9.17, 15) is 4.79 Å². The van der Waals surface area contributed by atoms with Gasteiger partial charge >= 0.3 is 5.97 Å². The summed E-state index contributed by atoms with van der Waals surface area (Å²) < 4.78 is 0. The number of aryl methyl sites for hydroxylation is 3. The molecule has 0 aliphatic carbocycles. The maximum absolute atomic E-state index is 10.8. The van der Waals surface area contributed by atoms with Gasteiger partial charge in [0.25, 0.3) is 0 Å². The first kappa shape index (κ1) is 17.5. The molecule has 132 valence electrons. The number of carboxylic acid groups (broad SMARTS) is 1. The van der Waals surface area contributed by atoms with Crippen molar-refractivity contribution in [3.63, 3.8) is 0 Å². The molecule has 1 aromatic carbocycles. The van der Waals surface area contributed by atoms with Gasteiger partial charge in [-0.1, -0.05) is 0 Å². The van der Waals surface area contributed by atoms with Crippen LogP contribution in [0, 0.1) is 13.8 Å². The zero-order valence-corrected chi connectivity index (χ0v) is 14.6. The lowest BCUT2D eigenvalue weighted by Gasteiger charge is -2.10. The molecule has 0 unspecified atom stereocenters. The van der Waals surface area contributed by atoms with Gasteiger partial charge in [-0.05, 0) is 49.7 Å². The number of anilines is 2. The molecule has 0 saturated heterocycles. The van der Waals surface area contributed by atoms with Crippen LogP contribution in [0.25, 0.3) is 11.3 Å². The van der Waals surface area contributed by atoms with Crippen LogP contribution in [0.3, 0.4) is 0 Å². The van der Waals surface area contributed by atoms with Crippen molar-refractivity contribution in [1.29, 1.82) is 0 Å². The Hall–Kier alpha value is -3.35. The highest BCUT2D eigenvalue weighted by Crippen LogP contribution is 2.25. The first-order chi connectivity index (χ1) is 12.5. The number of aliphatic carboxylic acids is 1. The summed E-state index contributed by atoms with van der Waals surface area (Å²) in [4.78, 5) is 27.8. The Morgan fingerprint density at radius 3 is 2.73 bits per heavy atom. The van der Waals surface area contributed by atoms with Crippen molar-refractivity contribution in [2.24, 2.45) is 0 Å². The SMILES string of the molecule is Cc1cc(Nc2nccc(C)n2)cc(-c2cc(CCC(=O)O)ncn2)c1. The summed E-state index contributed by atoms with van der Waals surface area (Å²) in [6.07, 6.45) is 3.59. The van der Waals surface area contributed by atoms with Crippen LogP contribution < -0.4 is 5.32 Å². The number of nitrogens with zero attached hydrogens (tertiary/aromatic N) is 4. The van der Waals surface area contributed by atoms with E-state index >= 15 is 0 Å². The highest BCUT2D eigenvalue weighted by atomic mass is 16.4. The molecule has 3 aromatic rings. The number of benzene rings is 1. The van der Waals surface area contributed by atoms with Gasteiger partial charge in [0.05, 0.1) is 12.1 Å². The van der Waals surface area contributed by atoms with Gasteiger partial charge in [-0.3, -0.25) is 4.79 Å². The summed E-state index contributed by atoms with van der Waals surface area (Å²) in [5.74, 6) is -0.309. The van der Waals surface area contributed by atoms with Crippen molar-refractivity contribution in [3.05, 3.63) is 59.8 Å². The number of aromatic nitrogens is 4. The molecule has 0 bridgehead atoms. The molecule has 3 rings (SSSR count). The normalized spacial score (nSPS) is 10.5. The largest absolute Gasteiger partial charge is 0.481 e. The smallest absolute Gasteiger partial charge is 0.303 e. The van der Waals surface area contributed by atoms with Gasteiger partial charge in [0, 0.05) is 35.3 Å². The summed E-state index contributed by atoms with van der Waals surface area (Å²) >= 11 is 0. The van der Waals surface area contributed by atoms with E-state index in [1.807, 2.05) is 44.2 Å². The summed E-state index contributed by atoms with van der Waals surface area (Å²) in [5.41, 5.74) is 5.17. The van der Waals surface area contributed by atoms with E-state index in [2.05, 4.69) is 25.3 Å². The lowest BCUT2D eigenvalue weighted by molar-refractivity contribution is -0.136. The highest BCUT2D eigenvalue weighted by molar-refractivity contribution is 5.69. The summed E-state index contributed by atoms with van der Waals surface area (Å²) in [5, 5.41) is 12.0. The zero-order chi connectivity index (χ0) is 18.5. The second-order valence-electron chi connectivity index (χ2n) is 6.02. The third kappa shape index (κ3) is 4.60. The van der Waals surface area contributed by atoms with Gasteiger partial charge in [-0.25, -0.2) is 19.9 Å². The molecule has 2 aromatic heterocycles. The molecular formula is C19H19N5O2. The molecule has 0 amide bonds. The molecule has 26 heavy (non-hydrogen) atoms. The van der Waals surface area contributed by atoms with Crippen molar-refractivity contribution in [1.82, 2.24) is 19.9 Å². The molecule has 2 N–H and O–H groups in total. The van der Waals surface area contributed by atoms with E-state index < -0.39 is 5.97 Å². The van der Waals surface area contributed by atoms with Crippen LogP contribution in [-0.2, 0) is 11.2 Å². The second-order valence-corrected chi connectivity index (χ2v) is 6.02. The maximum atomic E-state index is 10.8. The quantitative estimate of drug-likeness (QED) is 0.704. The van der Waals surface area contributed by atoms with Gasteiger partial charge in [0.2, 0.25) is 5.95 Å². The average Bonchev–Trinajstić information content (AvgIpc) is 2.60. The molecular weight excluding hydrogens is 330 g/mol. The number of nitrogens with one attached hydrogen (secondary N) is 1. The maximum Gasteiger partial charge on any atom is 0.303 e. The molecule has 0 radical (unpaired) electrons. The zero-order valence-electron chi connectivity index (χ0n) is 14.6. The van der Waals surface area contributed by atoms with Crippen LogP contribution in [0.2, 0.25) is 0 Å². The van der Waals surface area contributed by atoms with Crippen LogP contribution >= 0.6 is 0 Å². The Kier molecular flexibility index (Phi) is 5.17. The molecule has 7 nitrogen and oxygen atoms in total. The molecule has 7 heteroatoms. The average molecular weight is 349 g/mol. The number of carbonyl (C=O) groups is 1. The number of hydrogen-bond donors (Lipinski definition) is 2. The van der Waals surface area contributed by atoms with Crippen LogP contribution in [0.4, 0.5) is 11.6 Å². The summed E-state index contributed by atoms with van der Waals surface area (Å²) in [6.45, 7) is 3.91. The molecule has 0 aliphatic rings. The van der Waals surface area contributed by atoms with Crippen molar-refractivity contribution < 1.29 is 9.90 Å². The van der Waals surface area contributed by atoms with Crippen molar-refractivity contribution in [2.45, 2.75) is 26.7 Å². The fourth-order valence-electron chi connectivity index (χ4n) is 2.57. The van der Waals surface area contributed by atoms with E-state index in [-0.39, 0.29) is 6.42 Å². The molecule has 0 atom stereocenters. The molecule has 0 aliphatic heterocycles. The Labute approximate surface area is 151 Å². The minimum atomic E-state index is -0.842. The van der Waals surface area contributed by atoms with Crippen LogP contribution in [-0.4, -0.2) is 31.0 Å². The van der Waals surface area contributed by atoms with E-state index in [1.165, 1.54) is 6.33 Å². The van der Waals surface area contributed by atoms with Crippen LogP contribution in [0.5, 0.6) is 0 Å². The molecule has 0 saturated carbocycles. The number of carboxylic acids is 1. The van der Waals surface area contributed by atoms with E-state index in [4.69, 9.17) is 5.11 Å². The standard InChI is InChI=1S/C19H19N5O2/c1-12-7-14(17-10-15(21-11-22-17)3-4-18(25)26)9-16(8-12)24-19-20-6-5-13(2)23-19/h5-11H,3-4H2,1-2H3,(H,25,26)(H,20,23,24). The summed E-state index contributed by atoms with van der Waals surface area (Å²) in [6, 6.07) is 9.65. The Morgan fingerprint density at radius 1 is 1.12 bits per heavy atom. The molecule has 0 spiro atoms. The monoisotopic (exact) mass is 349 g/mol. The first-order valence-corrected chi connectivity index (χ1v) is 8.21. The lowest BCUT2D eigenvalue weighted by Crippen LogP contribution is -2.01. The third-order valence-electron chi connectivity index (χ3n) is 3.74. The van der Waals surface area contributed by atoms with E-state index in [0.717, 1.165) is 28.2 Å². The minimum Gasteiger partial charge on any atom is -0.481 e. The topological polar surface area (TPSA) is 101 Å². The van der Waals surface area contributed by atoms with Crippen LogP contribution in [0.1, 0.15) is 23.4 Å². The fourth-order valence-corrected chi connectivity index (χ4v) is 2.57. The Morgan fingerprint density at radius 2 is 1.96 bits per heavy atom. The lowest BCUT2D eigenvalue weighted by atomic mass is 10.1. The van der Waals surface area contributed by atoms with Gasteiger partial charge in [-0.2, -0.15) is 0 Å². The number of hydrogen-bond acceptors (Lipinski definition) is 6. The first-order valence-electron chi connectivity index (χ1n) is 8.21. The Bertz CT molecular complexity index is 943. The van der Waals surface area contributed by atoms with Crippen molar-refractivity contribution in [2.75, 3.05) is 5.32 Å². The van der Waals surface area contributed by atoms with Gasteiger partial charge in [-0.15, -0.1) is 0 Å². The molecule has 2 heterocycles. The van der Waals surface area contributed by atoms with E-state index in [1.54, 1.807) is 6.20 Å². The highest BCUT2D eigenvalue weighted by Gasteiger charge is 2.07. The van der Waals surface area contributed by atoms with Crippen molar-refractivity contribution in [3.8, 4) is 11.3 Å². The third-order valence-corrected chi connectivity index (χ3v) is 3.74. The van der Waals surface area contributed by atoms with Crippen molar-refractivity contribution >= 4 is 17.6 Å². The van der Waals surface area contributed by atoms with Crippen LogP contribution in [0.15, 0.2) is 42.9 Å². The van der Waals surface area contributed by atoms with E-state index in [0.29, 0.717) is 18.1 Å². The number of rotatable bonds is 6. The fraction of sp³-hybridized carbons (Fsp3) is 0.211. The predicted octanol–water partition coefficient (Wildman–Crippen LogP) is 3.31. The van der Waals surface area contributed by atoms with Gasteiger partial charge in [0.1, 0.15) is 6.33 Å². The predicted molar refractivity (Wildman–Crippen MR) is 98.2 cm³/mol. The van der Waals surface area contributed by atoms with Gasteiger partial charge < -0.3 is 10.4 Å². The Balaban J connectivity index is 1.87.